The first kappa shape index (κ1) is 84.3. The Morgan fingerprint density at radius 3 is 1.12 bits per heavy atom. The predicted octanol–water partition coefficient (Wildman–Crippen LogP) is 16.5. The van der Waals surface area contributed by atoms with Crippen molar-refractivity contribution >= 4 is 5.91 Å². The summed E-state index contributed by atoms with van der Waals surface area (Å²) in [5, 5.41) is 87.6. The van der Waals surface area contributed by atoms with Crippen molar-refractivity contribution in [1.29, 1.82) is 0 Å². The van der Waals surface area contributed by atoms with Crippen molar-refractivity contribution < 1.29 is 64.6 Å². The number of hydrogen-bond acceptors (Lipinski definition) is 13. The van der Waals surface area contributed by atoms with Crippen LogP contribution < -0.4 is 5.32 Å². The van der Waals surface area contributed by atoms with Crippen LogP contribution in [0.25, 0.3) is 0 Å². The third-order valence-corrected chi connectivity index (χ3v) is 18.9. The zero-order chi connectivity index (χ0) is 65.2. The Balaban J connectivity index is 1.55. The van der Waals surface area contributed by atoms with Gasteiger partial charge in [0.2, 0.25) is 5.91 Å². The third kappa shape index (κ3) is 44.0. The molecule has 12 atom stereocenters. The molecule has 0 bridgehead atoms. The zero-order valence-corrected chi connectivity index (χ0v) is 57.9. The number of ether oxygens (including phenoxy) is 4. The summed E-state index contributed by atoms with van der Waals surface area (Å²) in [4.78, 5) is 13.4. The Bertz CT molecular complexity index is 1650. The van der Waals surface area contributed by atoms with Crippen LogP contribution in [0, 0.1) is 0 Å². The number of unbranched alkanes of at least 4 members (excludes halogenated alkanes) is 45. The molecule has 2 rings (SSSR count). The third-order valence-electron chi connectivity index (χ3n) is 18.9. The van der Waals surface area contributed by atoms with Crippen molar-refractivity contribution in [2.75, 3.05) is 19.8 Å². The lowest BCUT2D eigenvalue weighted by atomic mass is 9.97. The molecule has 90 heavy (non-hydrogen) atoms. The molecular weight excluding hydrogens is 1130 g/mol. The first-order chi connectivity index (χ1) is 44.1. The molecule has 0 saturated carbocycles. The molecule has 12 unspecified atom stereocenters. The fourth-order valence-corrected chi connectivity index (χ4v) is 12.8. The van der Waals surface area contributed by atoms with Crippen molar-refractivity contribution in [3.8, 4) is 0 Å². The van der Waals surface area contributed by atoms with Crippen molar-refractivity contribution in [3.63, 3.8) is 0 Å². The molecule has 2 heterocycles. The van der Waals surface area contributed by atoms with E-state index in [2.05, 4.69) is 55.6 Å². The minimum Gasteiger partial charge on any atom is -0.394 e. The first-order valence-electron chi connectivity index (χ1n) is 38.2. The number of rotatable bonds is 64. The van der Waals surface area contributed by atoms with Crippen LogP contribution in [0.15, 0.2) is 36.5 Å². The fraction of sp³-hybridized carbons (Fsp3) is 0.908. The number of allylic oxidation sites excluding steroid dienone is 6. The van der Waals surface area contributed by atoms with E-state index in [0.717, 1.165) is 64.2 Å². The van der Waals surface area contributed by atoms with Gasteiger partial charge in [-0.15, -0.1) is 0 Å². The molecule has 0 aromatic carbocycles. The van der Waals surface area contributed by atoms with Crippen LogP contribution in [0.1, 0.15) is 348 Å². The highest BCUT2D eigenvalue weighted by molar-refractivity contribution is 5.76. The van der Waals surface area contributed by atoms with E-state index < -0.39 is 86.8 Å². The highest BCUT2D eigenvalue weighted by Gasteiger charge is 2.51. The van der Waals surface area contributed by atoms with Crippen LogP contribution in [-0.4, -0.2) is 140 Å². The van der Waals surface area contributed by atoms with Gasteiger partial charge in [0.05, 0.1) is 32.0 Å². The number of carbonyl (C=O) groups is 1. The van der Waals surface area contributed by atoms with E-state index in [1.165, 1.54) is 257 Å². The number of hydrogen-bond donors (Lipinski definition) is 9. The fourth-order valence-electron chi connectivity index (χ4n) is 12.8. The van der Waals surface area contributed by atoms with Crippen LogP contribution >= 0.6 is 0 Å². The summed E-state index contributed by atoms with van der Waals surface area (Å²) in [7, 11) is 0. The number of carbonyl (C=O) groups excluding carboxylic acids is 1. The summed E-state index contributed by atoms with van der Waals surface area (Å²) in [6, 6.07) is -0.827. The summed E-state index contributed by atoms with van der Waals surface area (Å²) in [6.07, 6.45) is 61.9. The summed E-state index contributed by atoms with van der Waals surface area (Å²) in [5.41, 5.74) is 0. The molecular formula is C76H143NO13. The molecule has 2 aliphatic rings. The number of aliphatic hydroxyl groups is 8. The average molecular weight is 1280 g/mol. The van der Waals surface area contributed by atoms with Gasteiger partial charge in [0.15, 0.2) is 12.6 Å². The van der Waals surface area contributed by atoms with Crippen molar-refractivity contribution in [3.05, 3.63) is 36.5 Å². The summed E-state index contributed by atoms with van der Waals surface area (Å²) >= 11 is 0. The van der Waals surface area contributed by atoms with Gasteiger partial charge in [0.25, 0.3) is 0 Å². The minimum atomic E-state index is -1.78. The molecule has 1 amide bonds. The molecule has 530 valence electrons. The Hall–Kier alpha value is -1.79. The highest BCUT2D eigenvalue weighted by Crippen LogP contribution is 2.30. The Morgan fingerprint density at radius 1 is 0.400 bits per heavy atom. The van der Waals surface area contributed by atoms with Crippen molar-refractivity contribution in [1.82, 2.24) is 5.32 Å². The highest BCUT2D eigenvalue weighted by atomic mass is 16.7. The molecule has 0 aliphatic carbocycles. The Kier molecular flexibility index (Phi) is 57.0. The van der Waals surface area contributed by atoms with Gasteiger partial charge in [0.1, 0.15) is 48.8 Å². The first-order valence-corrected chi connectivity index (χ1v) is 38.2. The molecule has 14 heteroatoms. The van der Waals surface area contributed by atoms with Gasteiger partial charge < -0.3 is 65.1 Å². The predicted molar refractivity (Wildman–Crippen MR) is 369 cm³/mol. The van der Waals surface area contributed by atoms with E-state index in [-0.39, 0.29) is 12.5 Å². The van der Waals surface area contributed by atoms with Gasteiger partial charge in [-0.3, -0.25) is 4.79 Å². The quantitative estimate of drug-likeness (QED) is 0.0204. The molecule has 0 spiro atoms. The summed E-state index contributed by atoms with van der Waals surface area (Å²) < 4.78 is 22.9. The Labute approximate surface area is 551 Å². The van der Waals surface area contributed by atoms with E-state index in [4.69, 9.17) is 18.9 Å². The molecule has 14 nitrogen and oxygen atoms in total. The van der Waals surface area contributed by atoms with Crippen LogP contribution in [0.5, 0.6) is 0 Å². The van der Waals surface area contributed by atoms with E-state index in [0.29, 0.717) is 12.8 Å². The lowest BCUT2D eigenvalue weighted by molar-refractivity contribution is -0.359. The van der Waals surface area contributed by atoms with Crippen molar-refractivity contribution in [2.24, 2.45) is 0 Å². The van der Waals surface area contributed by atoms with Crippen molar-refractivity contribution in [2.45, 2.75) is 421 Å². The second-order valence-corrected chi connectivity index (χ2v) is 27.1. The molecule has 2 fully saturated rings. The smallest absolute Gasteiger partial charge is 0.220 e. The van der Waals surface area contributed by atoms with E-state index in [1.807, 2.05) is 0 Å². The number of aliphatic hydroxyl groups excluding tert-OH is 8. The number of amides is 1. The molecule has 2 aliphatic heterocycles. The monoisotopic (exact) mass is 1280 g/mol. The van der Waals surface area contributed by atoms with Gasteiger partial charge in [-0.05, 0) is 51.4 Å². The maximum Gasteiger partial charge on any atom is 0.220 e. The topological polar surface area (TPSA) is 228 Å². The molecule has 9 N–H and O–H groups in total. The summed E-state index contributed by atoms with van der Waals surface area (Å²) in [6.45, 7) is 2.90. The standard InChI is InChI=1S/C76H143NO13/c1-3-5-7-9-11-13-15-17-19-21-22-23-24-25-26-27-28-29-30-31-32-33-34-35-36-37-38-39-40-41-42-44-46-48-50-52-54-56-58-60-68(81)77-64(65(80)59-57-55-53-51-49-47-45-43-20-18-16-14-12-10-8-6-4-2)63-87-75-73(86)71(84)74(67(62-79)89-75)90-76-72(85)70(83)69(82)66(61-78)88-76/h15,17,21-22,24-25,64-67,69-76,78-80,82-86H,3-14,16,18-20,23,26-63H2,1-2H3,(H,77,81)/b17-15-,22-21-,25-24-. The van der Waals surface area contributed by atoms with E-state index in [9.17, 15) is 45.6 Å². The minimum absolute atomic E-state index is 0.199. The van der Waals surface area contributed by atoms with E-state index >= 15 is 0 Å². The largest absolute Gasteiger partial charge is 0.394 e. The maximum atomic E-state index is 13.4. The normalized spacial score (nSPS) is 23.0. The lowest BCUT2D eigenvalue weighted by Gasteiger charge is -2.46. The Morgan fingerprint density at radius 2 is 0.733 bits per heavy atom. The number of nitrogens with one attached hydrogen (secondary N) is 1. The van der Waals surface area contributed by atoms with Gasteiger partial charge in [0, 0.05) is 6.42 Å². The van der Waals surface area contributed by atoms with Gasteiger partial charge in [-0.25, -0.2) is 0 Å². The van der Waals surface area contributed by atoms with Gasteiger partial charge in [-0.1, -0.05) is 326 Å². The second-order valence-electron chi connectivity index (χ2n) is 27.1. The van der Waals surface area contributed by atoms with E-state index in [1.54, 1.807) is 0 Å². The van der Waals surface area contributed by atoms with Gasteiger partial charge in [-0.2, -0.15) is 0 Å². The summed E-state index contributed by atoms with van der Waals surface area (Å²) in [5.74, 6) is -0.199. The second kappa shape index (κ2) is 60.8. The zero-order valence-electron chi connectivity index (χ0n) is 57.9. The molecule has 0 aromatic rings. The molecule has 2 saturated heterocycles. The molecule has 0 aromatic heterocycles. The van der Waals surface area contributed by atoms with Gasteiger partial charge >= 0.3 is 0 Å². The lowest BCUT2D eigenvalue weighted by Crippen LogP contribution is -2.65. The average Bonchev–Trinajstić information content (AvgIpc) is 1.04. The molecule has 0 radical (unpaired) electrons. The van der Waals surface area contributed by atoms with Crippen LogP contribution in [0.3, 0.4) is 0 Å². The SMILES string of the molecule is CCCCCCC/C=C\C/C=C\C/C=C\CCCCCCCCCCCCCCCCCCCCCCCCCCC(=O)NC(COC1OC(CO)C(OC2OC(CO)C(O)C(O)C2O)C(O)C1O)C(O)CCCCCCCCCCCCCCCCCCC. The van der Waals surface area contributed by atoms with Crippen LogP contribution in [0.2, 0.25) is 0 Å². The maximum absolute atomic E-state index is 13.4. The van der Waals surface area contributed by atoms with Crippen LogP contribution in [-0.2, 0) is 23.7 Å². The van der Waals surface area contributed by atoms with Crippen LogP contribution in [0.4, 0.5) is 0 Å².